The van der Waals surface area contributed by atoms with E-state index in [1.807, 2.05) is 11.8 Å². The van der Waals surface area contributed by atoms with E-state index < -0.39 is 0 Å². The third-order valence-corrected chi connectivity index (χ3v) is 3.63. The predicted molar refractivity (Wildman–Crippen MR) is 62.5 cm³/mol. The lowest BCUT2D eigenvalue weighted by Crippen LogP contribution is -2.45. The van der Waals surface area contributed by atoms with Gasteiger partial charge >= 0.3 is 0 Å². The van der Waals surface area contributed by atoms with E-state index in [1.165, 1.54) is 0 Å². The second kappa shape index (κ2) is 5.50. The van der Waals surface area contributed by atoms with E-state index in [0.717, 1.165) is 32.2 Å². The summed E-state index contributed by atoms with van der Waals surface area (Å²) in [6, 6.07) is 0.436. The molecule has 0 spiro atoms. The van der Waals surface area contributed by atoms with Gasteiger partial charge in [-0.05, 0) is 33.1 Å². The largest absolute Gasteiger partial charge is 0.340 e. The molecule has 0 saturated heterocycles. The van der Waals surface area contributed by atoms with Gasteiger partial charge in [-0.15, -0.1) is 0 Å². The quantitative estimate of drug-likeness (QED) is 0.772. The molecule has 1 amide bonds. The molecule has 1 saturated carbocycles. The van der Waals surface area contributed by atoms with E-state index in [-0.39, 0.29) is 17.9 Å². The van der Waals surface area contributed by atoms with E-state index in [2.05, 4.69) is 13.8 Å². The highest BCUT2D eigenvalue weighted by molar-refractivity contribution is 5.80. The third-order valence-electron chi connectivity index (χ3n) is 3.63. The molecule has 0 aromatic heterocycles. The molecule has 0 aromatic rings. The van der Waals surface area contributed by atoms with Crippen LogP contribution in [0.3, 0.4) is 0 Å². The molecule has 3 atom stereocenters. The maximum atomic E-state index is 12.2. The van der Waals surface area contributed by atoms with Crippen LogP contribution in [-0.4, -0.2) is 29.4 Å². The minimum atomic E-state index is 0.0824. The number of nitrogens with two attached hydrogens (primary N) is 1. The van der Waals surface area contributed by atoms with Crippen molar-refractivity contribution in [2.24, 2.45) is 11.7 Å². The zero-order valence-corrected chi connectivity index (χ0v) is 10.2. The molecule has 1 aliphatic rings. The Labute approximate surface area is 93.0 Å². The molecule has 15 heavy (non-hydrogen) atoms. The summed E-state index contributed by atoms with van der Waals surface area (Å²) in [5.74, 6) is 0.357. The lowest BCUT2D eigenvalue weighted by molar-refractivity contribution is -0.137. The normalized spacial score (nSPS) is 27.7. The molecule has 1 aliphatic carbocycles. The first-order valence-electron chi connectivity index (χ1n) is 6.17. The predicted octanol–water partition coefficient (Wildman–Crippen LogP) is 1.76. The smallest absolute Gasteiger partial charge is 0.227 e. The minimum absolute atomic E-state index is 0.0824. The fraction of sp³-hybridized carbons (Fsp3) is 0.917. The zero-order valence-electron chi connectivity index (χ0n) is 10.2. The van der Waals surface area contributed by atoms with Crippen LogP contribution in [-0.2, 0) is 4.79 Å². The highest BCUT2D eigenvalue weighted by Gasteiger charge is 2.33. The average molecular weight is 212 g/mol. The molecular formula is C12H24N2O. The van der Waals surface area contributed by atoms with Crippen LogP contribution in [0.2, 0.25) is 0 Å². The Morgan fingerprint density at radius 3 is 2.53 bits per heavy atom. The summed E-state index contributed by atoms with van der Waals surface area (Å²) in [4.78, 5) is 14.2. The first kappa shape index (κ1) is 12.5. The van der Waals surface area contributed by atoms with Crippen LogP contribution in [0.1, 0.15) is 46.5 Å². The Balaban J connectivity index is 2.63. The fourth-order valence-corrected chi connectivity index (χ4v) is 2.41. The third kappa shape index (κ3) is 2.71. The number of carbonyl (C=O) groups is 1. The van der Waals surface area contributed by atoms with Crippen molar-refractivity contribution in [1.82, 2.24) is 4.90 Å². The Kier molecular flexibility index (Phi) is 4.58. The summed E-state index contributed by atoms with van der Waals surface area (Å²) in [6.45, 7) is 7.08. The van der Waals surface area contributed by atoms with Crippen LogP contribution in [0.15, 0.2) is 0 Å². The number of amides is 1. The second-order valence-electron chi connectivity index (χ2n) is 4.58. The van der Waals surface area contributed by atoms with Crippen molar-refractivity contribution in [3.05, 3.63) is 0 Å². The zero-order chi connectivity index (χ0) is 11.4. The Hall–Kier alpha value is -0.570. The molecule has 0 aromatic carbocycles. The first-order valence-corrected chi connectivity index (χ1v) is 6.17. The number of hydrogen-bond acceptors (Lipinski definition) is 2. The van der Waals surface area contributed by atoms with E-state index >= 15 is 0 Å². The molecule has 1 rings (SSSR count). The van der Waals surface area contributed by atoms with Crippen LogP contribution in [0.25, 0.3) is 0 Å². The standard InChI is InChI=1S/C12H24N2O/c1-4-9(3)14(5-2)12(15)10-7-6-8-11(10)13/h9-11H,4-8,13H2,1-3H3. The molecule has 0 heterocycles. The first-order chi connectivity index (χ1) is 7.11. The van der Waals surface area contributed by atoms with Gasteiger partial charge in [-0.3, -0.25) is 4.79 Å². The van der Waals surface area contributed by atoms with Crippen LogP contribution in [0.5, 0.6) is 0 Å². The highest BCUT2D eigenvalue weighted by Crippen LogP contribution is 2.26. The van der Waals surface area contributed by atoms with Gasteiger partial charge in [0.2, 0.25) is 5.91 Å². The summed E-state index contributed by atoms with van der Waals surface area (Å²) in [6.07, 6.45) is 4.11. The van der Waals surface area contributed by atoms with Crippen LogP contribution < -0.4 is 5.73 Å². The van der Waals surface area contributed by atoms with Gasteiger partial charge in [-0.25, -0.2) is 0 Å². The van der Waals surface area contributed by atoms with Gasteiger partial charge in [-0.1, -0.05) is 13.3 Å². The topological polar surface area (TPSA) is 46.3 Å². The van der Waals surface area contributed by atoms with E-state index in [9.17, 15) is 4.79 Å². The van der Waals surface area contributed by atoms with Crippen LogP contribution in [0, 0.1) is 5.92 Å². The number of nitrogens with zero attached hydrogens (tertiary/aromatic N) is 1. The summed E-state index contributed by atoms with van der Waals surface area (Å²) < 4.78 is 0. The Morgan fingerprint density at radius 2 is 2.13 bits per heavy atom. The molecule has 3 heteroatoms. The van der Waals surface area contributed by atoms with Crippen LogP contribution in [0.4, 0.5) is 0 Å². The molecule has 1 fully saturated rings. The number of rotatable bonds is 4. The minimum Gasteiger partial charge on any atom is -0.340 e. The Bertz CT molecular complexity index is 218. The van der Waals surface area contributed by atoms with Crippen molar-refractivity contribution in [1.29, 1.82) is 0 Å². The van der Waals surface area contributed by atoms with E-state index in [4.69, 9.17) is 5.73 Å². The summed E-state index contributed by atoms with van der Waals surface area (Å²) in [5.41, 5.74) is 5.97. The van der Waals surface area contributed by atoms with Gasteiger partial charge in [0, 0.05) is 18.6 Å². The van der Waals surface area contributed by atoms with Gasteiger partial charge in [-0.2, -0.15) is 0 Å². The van der Waals surface area contributed by atoms with Crippen molar-refractivity contribution >= 4 is 5.91 Å². The van der Waals surface area contributed by atoms with Gasteiger partial charge in [0.25, 0.3) is 0 Å². The van der Waals surface area contributed by atoms with E-state index in [0.29, 0.717) is 6.04 Å². The molecule has 2 N–H and O–H groups in total. The average Bonchev–Trinajstić information content (AvgIpc) is 2.65. The molecule has 3 nitrogen and oxygen atoms in total. The van der Waals surface area contributed by atoms with Gasteiger partial charge in [0.15, 0.2) is 0 Å². The molecule has 0 radical (unpaired) electrons. The van der Waals surface area contributed by atoms with Crippen molar-refractivity contribution in [2.75, 3.05) is 6.54 Å². The SMILES string of the molecule is CCC(C)N(CC)C(=O)C1CCCC1N. The molecular weight excluding hydrogens is 188 g/mol. The highest BCUT2D eigenvalue weighted by atomic mass is 16.2. The summed E-state index contributed by atoms with van der Waals surface area (Å²) in [5, 5.41) is 0. The summed E-state index contributed by atoms with van der Waals surface area (Å²) in [7, 11) is 0. The molecule has 88 valence electrons. The molecule has 0 bridgehead atoms. The number of hydrogen-bond donors (Lipinski definition) is 1. The van der Waals surface area contributed by atoms with Crippen LogP contribution >= 0.6 is 0 Å². The maximum absolute atomic E-state index is 12.2. The lowest BCUT2D eigenvalue weighted by Gasteiger charge is -2.31. The monoisotopic (exact) mass is 212 g/mol. The summed E-state index contributed by atoms with van der Waals surface area (Å²) >= 11 is 0. The maximum Gasteiger partial charge on any atom is 0.227 e. The Morgan fingerprint density at radius 1 is 1.47 bits per heavy atom. The van der Waals surface area contributed by atoms with Crippen molar-refractivity contribution in [3.8, 4) is 0 Å². The van der Waals surface area contributed by atoms with Gasteiger partial charge < -0.3 is 10.6 Å². The van der Waals surface area contributed by atoms with Crippen molar-refractivity contribution in [3.63, 3.8) is 0 Å². The van der Waals surface area contributed by atoms with Gasteiger partial charge in [0.1, 0.15) is 0 Å². The van der Waals surface area contributed by atoms with Crippen molar-refractivity contribution < 1.29 is 4.79 Å². The van der Waals surface area contributed by atoms with Crippen molar-refractivity contribution in [2.45, 2.75) is 58.5 Å². The number of carbonyl (C=O) groups excluding carboxylic acids is 1. The molecule has 0 aliphatic heterocycles. The lowest BCUT2D eigenvalue weighted by atomic mass is 10.0. The second-order valence-corrected chi connectivity index (χ2v) is 4.58. The van der Waals surface area contributed by atoms with Gasteiger partial charge in [0.05, 0.1) is 5.92 Å². The fourth-order valence-electron chi connectivity index (χ4n) is 2.41. The molecule has 3 unspecified atom stereocenters. The van der Waals surface area contributed by atoms with E-state index in [1.54, 1.807) is 0 Å².